The molecule has 1 atom stereocenters. The molecule has 4 nitrogen and oxygen atoms in total. The predicted octanol–water partition coefficient (Wildman–Crippen LogP) is 2.90. The maximum absolute atomic E-state index is 13.4. The zero-order valence-electron chi connectivity index (χ0n) is 12.6. The van der Waals surface area contributed by atoms with Crippen molar-refractivity contribution in [3.8, 4) is 0 Å². The van der Waals surface area contributed by atoms with Crippen LogP contribution in [-0.4, -0.2) is 36.0 Å². The van der Waals surface area contributed by atoms with Crippen LogP contribution in [0.4, 0.5) is 9.18 Å². The molecule has 0 N–H and O–H groups in total. The van der Waals surface area contributed by atoms with Crippen LogP contribution < -0.4 is 0 Å². The molecule has 0 bridgehead atoms. The Labute approximate surface area is 123 Å². The highest BCUT2D eigenvalue weighted by molar-refractivity contribution is 5.75. The fraction of sp³-hybridized carbons (Fsp3) is 0.500. The molecular formula is C16H20FNO3. The van der Waals surface area contributed by atoms with Crippen LogP contribution in [0.15, 0.2) is 24.3 Å². The van der Waals surface area contributed by atoms with Crippen LogP contribution in [0.3, 0.4) is 0 Å². The summed E-state index contributed by atoms with van der Waals surface area (Å²) in [4.78, 5) is 25.2. The van der Waals surface area contributed by atoms with Crippen LogP contribution in [0.1, 0.15) is 32.8 Å². The predicted molar refractivity (Wildman–Crippen MR) is 76.6 cm³/mol. The first kappa shape index (κ1) is 15.5. The standard InChI is InChI=1S/C16H20FNO3/c1-15(2,3)21-14(20)18-8-7-16(10-18,11-19)12-5-4-6-13(17)9-12/h4-6,9,11H,7-8,10H2,1-3H3. The molecule has 1 aliphatic rings. The third-order valence-electron chi connectivity index (χ3n) is 3.58. The highest BCUT2D eigenvalue weighted by Crippen LogP contribution is 2.33. The average Bonchev–Trinajstić information content (AvgIpc) is 2.82. The second-order valence-corrected chi connectivity index (χ2v) is 6.44. The van der Waals surface area contributed by atoms with E-state index in [-0.39, 0.29) is 12.4 Å². The van der Waals surface area contributed by atoms with Gasteiger partial charge in [0.2, 0.25) is 0 Å². The number of likely N-dealkylation sites (tertiary alicyclic amines) is 1. The number of hydrogen-bond acceptors (Lipinski definition) is 3. The van der Waals surface area contributed by atoms with E-state index < -0.39 is 17.1 Å². The van der Waals surface area contributed by atoms with Gasteiger partial charge in [0.25, 0.3) is 0 Å². The molecule has 5 heteroatoms. The Hall–Kier alpha value is -1.91. The van der Waals surface area contributed by atoms with Gasteiger partial charge in [-0.3, -0.25) is 0 Å². The Morgan fingerprint density at radius 3 is 2.71 bits per heavy atom. The van der Waals surface area contributed by atoms with Gasteiger partial charge in [-0.1, -0.05) is 12.1 Å². The molecule has 1 amide bonds. The SMILES string of the molecule is CC(C)(C)OC(=O)N1CCC(C=O)(c2cccc(F)c2)C1. The van der Waals surface area contributed by atoms with Crippen molar-refractivity contribution in [2.75, 3.05) is 13.1 Å². The van der Waals surface area contributed by atoms with E-state index in [0.717, 1.165) is 6.29 Å². The third kappa shape index (κ3) is 3.40. The lowest BCUT2D eigenvalue weighted by Crippen LogP contribution is -2.38. The fourth-order valence-electron chi connectivity index (χ4n) is 2.51. The van der Waals surface area contributed by atoms with Crippen LogP contribution in [-0.2, 0) is 14.9 Å². The molecule has 1 unspecified atom stereocenters. The van der Waals surface area contributed by atoms with E-state index in [0.29, 0.717) is 18.5 Å². The second-order valence-electron chi connectivity index (χ2n) is 6.44. The number of hydrogen-bond donors (Lipinski definition) is 0. The van der Waals surface area contributed by atoms with E-state index >= 15 is 0 Å². The molecule has 0 aromatic heterocycles. The number of nitrogens with zero attached hydrogens (tertiary/aromatic N) is 1. The zero-order chi connectivity index (χ0) is 15.7. The Balaban J connectivity index is 2.18. The van der Waals surface area contributed by atoms with Crippen molar-refractivity contribution < 1.29 is 18.7 Å². The van der Waals surface area contributed by atoms with Crippen molar-refractivity contribution in [1.29, 1.82) is 0 Å². The lowest BCUT2D eigenvalue weighted by molar-refractivity contribution is -0.112. The van der Waals surface area contributed by atoms with Crippen molar-refractivity contribution in [1.82, 2.24) is 4.90 Å². The monoisotopic (exact) mass is 293 g/mol. The number of carbonyl (C=O) groups excluding carboxylic acids is 2. The summed E-state index contributed by atoms with van der Waals surface area (Å²) in [5.74, 6) is -0.385. The van der Waals surface area contributed by atoms with E-state index in [2.05, 4.69) is 0 Å². The van der Waals surface area contributed by atoms with Gasteiger partial charge in [-0.05, 0) is 44.9 Å². The van der Waals surface area contributed by atoms with Gasteiger partial charge in [0.1, 0.15) is 17.7 Å². The minimum absolute atomic E-state index is 0.217. The summed E-state index contributed by atoms with van der Waals surface area (Å²) in [5, 5.41) is 0. The second kappa shape index (κ2) is 5.47. The van der Waals surface area contributed by atoms with Gasteiger partial charge in [-0.2, -0.15) is 0 Å². The molecule has 0 aliphatic carbocycles. The van der Waals surface area contributed by atoms with Gasteiger partial charge in [-0.25, -0.2) is 9.18 Å². The number of halogens is 1. The summed E-state index contributed by atoms with van der Waals surface area (Å²) in [5.41, 5.74) is -0.829. The van der Waals surface area contributed by atoms with Gasteiger partial charge in [0.05, 0.1) is 5.41 Å². The lowest BCUT2D eigenvalue weighted by atomic mass is 9.81. The van der Waals surface area contributed by atoms with Crippen LogP contribution in [0, 0.1) is 5.82 Å². The topological polar surface area (TPSA) is 46.6 Å². The number of amides is 1. The molecule has 1 aromatic rings. The minimum atomic E-state index is -0.848. The molecule has 1 fully saturated rings. The molecule has 21 heavy (non-hydrogen) atoms. The van der Waals surface area contributed by atoms with Crippen molar-refractivity contribution in [3.05, 3.63) is 35.6 Å². The van der Waals surface area contributed by atoms with Crippen molar-refractivity contribution in [2.24, 2.45) is 0 Å². The van der Waals surface area contributed by atoms with Gasteiger partial charge < -0.3 is 14.4 Å². The molecular weight excluding hydrogens is 273 g/mol. The molecule has 1 aromatic carbocycles. The van der Waals surface area contributed by atoms with Crippen molar-refractivity contribution in [3.63, 3.8) is 0 Å². The fourth-order valence-corrected chi connectivity index (χ4v) is 2.51. The van der Waals surface area contributed by atoms with Crippen LogP contribution in [0.5, 0.6) is 0 Å². The first-order valence-electron chi connectivity index (χ1n) is 6.96. The van der Waals surface area contributed by atoms with Gasteiger partial charge in [0.15, 0.2) is 0 Å². The van der Waals surface area contributed by atoms with E-state index in [1.807, 2.05) is 0 Å². The summed E-state index contributed by atoms with van der Waals surface area (Å²) >= 11 is 0. The van der Waals surface area contributed by atoms with Crippen molar-refractivity contribution in [2.45, 2.75) is 38.2 Å². The van der Waals surface area contributed by atoms with E-state index in [4.69, 9.17) is 4.74 Å². The van der Waals surface area contributed by atoms with Crippen LogP contribution in [0.25, 0.3) is 0 Å². The van der Waals surface area contributed by atoms with Crippen molar-refractivity contribution >= 4 is 12.4 Å². The van der Waals surface area contributed by atoms with E-state index in [9.17, 15) is 14.0 Å². The van der Waals surface area contributed by atoms with Gasteiger partial charge in [-0.15, -0.1) is 0 Å². The molecule has 1 saturated heterocycles. The summed E-state index contributed by atoms with van der Waals surface area (Å²) in [6.45, 7) is 6.01. The number of aldehydes is 1. The Morgan fingerprint density at radius 2 is 2.14 bits per heavy atom. The zero-order valence-corrected chi connectivity index (χ0v) is 12.6. The Kier molecular flexibility index (Phi) is 4.03. The number of rotatable bonds is 2. The average molecular weight is 293 g/mol. The van der Waals surface area contributed by atoms with Gasteiger partial charge >= 0.3 is 6.09 Å². The van der Waals surface area contributed by atoms with E-state index in [1.165, 1.54) is 17.0 Å². The normalized spacial score (nSPS) is 22.2. The molecule has 0 radical (unpaired) electrons. The van der Waals surface area contributed by atoms with E-state index in [1.54, 1.807) is 32.9 Å². The maximum Gasteiger partial charge on any atom is 0.410 e. The highest BCUT2D eigenvalue weighted by atomic mass is 19.1. The molecule has 114 valence electrons. The molecule has 0 saturated carbocycles. The first-order chi connectivity index (χ1) is 9.76. The summed E-state index contributed by atoms with van der Waals surface area (Å²) < 4.78 is 18.7. The molecule has 2 rings (SSSR count). The molecule has 1 heterocycles. The third-order valence-corrected chi connectivity index (χ3v) is 3.58. The largest absolute Gasteiger partial charge is 0.444 e. The molecule has 1 aliphatic heterocycles. The summed E-state index contributed by atoms with van der Waals surface area (Å²) in [6, 6.07) is 5.98. The van der Waals surface area contributed by atoms with Crippen LogP contribution >= 0.6 is 0 Å². The number of benzene rings is 1. The first-order valence-corrected chi connectivity index (χ1v) is 6.96. The minimum Gasteiger partial charge on any atom is -0.444 e. The smallest absolute Gasteiger partial charge is 0.410 e. The van der Waals surface area contributed by atoms with Crippen LogP contribution in [0.2, 0.25) is 0 Å². The summed E-state index contributed by atoms with van der Waals surface area (Å²) in [6.07, 6.45) is 0.841. The molecule has 0 spiro atoms. The maximum atomic E-state index is 13.4. The Bertz CT molecular complexity index is 553. The highest BCUT2D eigenvalue weighted by Gasteiger charge is 2.42. The lowest BCUT2D eigenvalue weighted by Gasteiger charge is -2.26. The number of carbonyl (C=O) groups is 2. The summed E-state index contributed by atoms with van der Waals surface area (Å²) in [7, 11) is 0. The quantitative estimate of drug-likeness (QED) is 0.788. The number of ether oxygens (including phenoxy) is 1. The van der Waals surface area contributed by atoms with Gasteiger partial charge in [0, 0.05) is 13.1 Å². The Morgan fingerprint density at radius 1 is 1.43 bits per heavy atom.